The van der Waals surface area contributed by atoms with Crippen LogP contribution in [0.2, 0.25) is 0 Å². The summed E-state index contributed by atoms with van der Waals surface area (Å²) in [4.78, 5) is 15.4. The molecule has 0 aliphatic rings. The Morgan fingerprint density at radius 2 is 2.31 bits per heavy atom. The molecule has 88 valence electrons. The molecule has 0 aromatic carbocycles. The van der Waals surface area contributed by atoms with E-state index in [1.165, 1.54) is 0 Å². The van der Waals surface area contributed by atoms with Crippen molar-refractivity contribution in [2.75, 3.05) is 18.5 Å². The van der Waals surface area contributed by atoms with Crippen molar-refractivity contribution in [2.24, 2.45) is 0 Å². The molecular formula is C11H15BrN2O2. The van der Waals surface area contributed by atoms with Crippen LogP contribution in [0, 0.1) is 6.92 Å². The van der Waals surface area contributed by atoms with E-state index < -0.39 is 0 Å². The molecular weight excluding hydrogens is 272 g/mol. The zero-order chi connectivity index (χ0) is 12.0. The van der Waals surface area contributed by atoms with Crippen LogP contribution >= 0.6 is 15.9 Å². The third-order valence-electron chi connectivity index (χ3n) is 1.96. The van der Waals surface area contributed by atoms with Crippen molar-refractivity contribution in [2.45, 2.75) is 20.3 Å². The van der Waals surface area contributed by atoms with E-state index in [2.05, 4.69) is 26.2 Å². The number of anilines is 1. The summed E-state index contributed by atoms with van der Waals surface area (Å²) in [5, 5.41) is 3.07. The van der Waals surface area contributed by atoms with Crippen molar-refractivity contribution in [3.05, 3.63) is 22.3 Å². The van der Waals surface area contributed by atoms with Gasteiger partial charge in [0.15, 0.2) is 0 Å². The van der Waals surface area contributed by atoms with Crippen LogP contribution in [0.25, 0.3) is 0 Å². The molecule has 1 heterocycles. The van der Waals surface area contributed by atoms with E-state index in [1.54, 1.807) is 6.92 Å². The van der Waals surface area contributed by atoms with Crippen molar-refractivity contribution in [1.82, 2.24) is 4.98 Å². The molecule has 0 atom stereocenters. The highest BCUT2D eigenvalue weighted by Crippen LogP contribution is 2.15. The monoisotopic (exact) mass is 286 g/mol. The highest BCUT2D eigenvalue weighted by molar-refractivity contribution is 9.10. The van der Waals surface area contributed by atoms with Crippen LogP contribution in [-0.2, 0) is 9.53 Å². The molecule has 0 aliphatic carbocycles. The topological polar surface area (TPSA) is 51.2 Å². The summed E-state index contributed by atoms with van der Waals surface area (Å²) in [7, 11) is 0. The van der Waals surface area contributed by atoms with Gasteiger partial charge in [-0.1, -0.05) is 0 Å². The molecule has 0 bridgehead atoms. The van der Waals surface area contributed by atoms with E-state index in [9.17, 15) is 4.79 Å². The van der Waals surface area contributed by atoms with Crippen LogP contribution < -0.4 is 5.32 Å². The standard InChI is InChI=1S/C11H15BrN2O2/c1-3-16-11(15)6-7-13-10-5-4-9(12)8(2)14-10/h4-5H,3,6-7H2,1-2H3,(H,13,14). The molecule has 1 aromatic heterocycles. The van der Waals surface area contributed by atoms with Gasteiger partial charge in [0.05, 0.1) is 18.7 Å². The summed E-state index contributed by atoms with van der Waals surface area (Å²) in [6.45, 7) is 4.67. The van der Waals surface area contributed by atoms with Gasteiger partial charge in [0, 0.05) is 11.0 Å². The maximum atomic E-state index is 11.1. The third-order valence-corrected chi connectivity index (χ3v) is 2.80. The summed E-state index contributed by atoms with van der Waals surface area (Å²) in [5.74, 6) is 0.578. The van der Waals surface area contributed by atoms with Crippen LogP contribution in [-0.4, -0.2) is 24.1 Å². The predicted octanol–water partition coefficient (Wildman–Crippen LogP) is 2.52. The number of ether oxygens (including phenoxy) is 1. The van der Waals surface area contributed by atoms with E-state index in [1.807, 2.05) is 19.1 Å². The fourth-order valence-electron chi connectivity index (χ4n) is 1.17. The van der Waals surface area contributed by atoms with Gasteiger partial charge in [0.1, 0.15) is 5.82 Å². The zero-order valence-electron chi connectivity index (χ0n) is 9.42. The number of aryl methyl sites for hydroxylation is 1. The van der Waals surface area contributed by atoms with Crippen molar-refractivity contribution in [3.63, 3.8) is 0 Å². The number of nitrogens with zero attached hydrogens (tertiary/aromatic N) is 1. The summed E-state index contributed by atoms with van der Waals surface area (Å²) >= 11 is 3.38. The SMILES string of the molecule is CCOC(=O)CCNc1ccc(Br)c(C)n1. The summed E-state index contributed by atoms with van der Waals surface area (Å²) in [6, 6.07) is 3.79. The second-order valence-corrected chi connectivity index (χ2v) is 4.10. The number of pyridine rings is 1. The number of aromatic nitrogens is 1. The van der Waals surface area contributed by atoms with Crippen molar-refractivity contribution >= 4 is 27.7 Å². The lowest BCUT2D eigenvalue weighted by atomic mass is 10.3. The van der Waals surface area contributed by atoms with Crippen LogP contribution in [0.3, 0.4) is 0 Å². The molecule has 1 N–H and O–H groups in total. The molecule has 4 nitrogen and oxygen atoms in total. The van der Waals surface area contributed by atoms with Gasteiger partial charge in [0.2, 0.25) is 0 Å². The van der Waals surface area contributed by atoms with Crippen molar-refractivity contribution in [3.8, 4) is 0 Å². The smallest absolute Gasteiger partial charge is 0.307 e. The molecule has 0 spiro atoms. The number of halogens is 1. The minimum Gasteiger partial charge on any atom is -0.466 e. The van der Waals surface area contributed by atoms with Gasteiger partial charge in [-0.3, -0.25) is 4.79 Å². The first kappa shape index (κ1) is 13.0. The Morgan fingerprint density at radius 1 is 1.56 bits per heavy atom. The first-order chi connectivity index (χ1) is 7.63. The maximum absolute atomic E-state index is 11.1. The Bertz CT molecular complexity index is 369. The third kappa shape index (κ3) is 4.18. The second kappa shape index (κ2) is 6.48. The predicted molar refractivity (Wildman–Crippen MR) is 66.4 cm³/mol. The fraction of sp³-hybridized carbons (Fsp3) is 0.455. The van der Waals surface area contributed by atoms with Gasteiger partial charge >= 0.3 is 5.97 Å². The molecule has 0 saturated carbocycles. The Hall–Kier alpha value is -1.10. The maximum Gasteiger partial charge on any atom is 0.307 e. The Morgan fingerprint density at radius 3 is 2.94 bits per heavy atom. The van der Waals surface area contributed by atoms with Gasteiger partial charge in [-0.05, 0) is 41.9 Å². The Kier molecular flexibility index (Phi) is 5.25. The number of esters is 1. The lowest BCUT2D eigenvalue weighted by Crippen LogP contribution is -2.12. The summed E-state index contributed by atoms with van der Waals surface area (Å²) < 4.78 is 5.79. The minimum atomic E-state index is -0.191. The van der Waals surface area contributed by atoms with Gasteiger partial charge < -0.3 is 10.1 Å². The minimum absolute atomic E-state index is 0.191. The van der Waals surface area contributed by atoms with E-state index in [0.29, 0.717) is 19.6 Å². The molecule has 0 fully saturated rings. The number of rotatable bonds is 5. The highest BCUT2D eigenvalue weighted by Gasteiger charge is 2.02. The van der Waals surface area contributed by atoms with Crippen LogP contribution in [0.4, 0.5) is 5.82 Å². The fourth-order valence-corrected chi connectivity index (χ4v) is 1.39. The molecule has 0 unspecified atom stereocenters. The normalized spacial score (nSPS) is 9.94. The molecule has 0 radical (unpaired) electrons. The van der Waals surface area contributed by atoms with Crippen molar-refractivity contribution in [1.29, 1.82) is 0 Å². The molecule has 0 amide bonds. The first-order valence-corrected chi connectivity index (χ1v) is 5.95. The number of nitrogens with one attached hydrogen (secondary N) is 1. The number of carbonyl (C=O) groups is 1. The molecule has 0 aliphatic heterocycles. The average molecular weight is 287 g/mol. The van der Waals surface area contributed by atoms with Crippen LogP contribution in [0.15, 0.2) is 16.6 Å². The van der Waals surface area contributed by atoms with Crippen molar-refractivity contribution < 1.29 is 9.53 Å². The average Bonchev–Trinajstić information content (AvgIpc) is 2.24. The second-order valence-electron chi connectivity index (χ2n) is 3.25. The van der Waals surface area contributed by atoms with E-state index in [-0.39, 0.29) is 5.97 Å². The first-order valence-electron chi connectivity index (χ1n) is 5.16. The van der Waals surface area contributed by atoms with E-state index >= 15 is 0 Å². The largest absolute Gasteiger partial charge is 0.466 e. The van der Waals surface area contributed by atoms with Crippen LogP contribution in [0.1, 0.15) is 19.0 Å². The van der Waals surface area contributed by atoms with E-state index in [0.717, 1.165) is 16.0 Å². The van der Waals surface area contributed by atoms with Crippen LogP contribution in [0.5, 0.6) is 0 Å². The Labute approximate surface area is 104 Å². The van der Waals surface area contributed by atoms with Gasteiger partial charge in [-0.2, -0.15) is 0 Å². The van der Waals surface area contributed by atoms with Gasteiger partial charge in [0.25, 0.3) is 0 Å². The summed E-state index contributed by atoms with van der Waals surface area (Å²) in [5.41, 5.74) is 0.918. The number of hydrogen-bond donors (Lipinski definition) is 1. The lowest BCUT2D eigenvalue weighted by molar-refractivity contribution is -0.142. The molecule has 1 rings (SSSR count). The molecule has 1 aromatic rings. The molecule has 5 heteroatoms. The quantitative estimate of drug-likeness (QED) is 0.845. The van der Waals surface area contributed by atoms with Gasteiger partial charge in [-0.25, -0.2) is 4.98 Å². The zero-order valence-corrected chi connectivity index (χ0v) is 11.0. The highest BCUT2D eigenvalue weighted by atomic mass is 79.9. The molecule has 16 heavy (non-hydrogen) atoms. The number of carbonyl (C=O) groups excluding carboxylic acids is 1. The number of hydrogen-bond acceptors (Lipinski definition) is 4. The van der Waals surface area contributed by atoms with Gasteiger partial charge in [-0.15, -0.1) is 0 Å². The van der Waals surface area contributed by atoms with E-state index in [4.69, 9.17) is 4.74 Å². The Balaban J connectivity index is 2.37. The summed E-state index contributed by atoms with van der Waals surface area (Å²) in [6.07, 6.45) is 0.352. The lowest BCUT2D eigenvalue weighted by Gasteiger charge is -2.06. The molecule has 0 saturated heterocycles.